The Hall–Kier alpha value is -3.34. The van der Waals surface area contributed by atoms with Gasteiger partial charge in [-0.15, -0.1) is 0 Å². The molecule has 4 amide bonds. The lowest BCUT2D eigenvalue weighted by Crippen LogP contribution is -2.64. The summed E-state index contributed by atoms with van der Waals surface area (Å²) in [4.78, 5) is 53.9. The van der Waals surface area contributed by atoms with Gasteiger partial charge in [-0.25, -0.2) is 4.79 Å². The molecule has 36 heavy (non-hydrogen) atoms. The normalized spacial score (nSPS) is 18.1. The van der Waals surface area contributed by atoms with E-state index in [4.69, 9.17) is 4.74 Å². The maximum atomic E-state index is 13.6. The minimum atomic E-state index is -1.16. The third-order valence-electron chi connectivity index (χ3n) is 6.71. The minimum absolute atomic E-state index is 0.130. The van der Waals surface area contributed by atoms with E-state index in [1.54, 1.807) is 4.90 Å². The fourth-order valence-corrected chi connectivity index (χ4v) is 4.54. The van der Waals surface area contributed by atoms with Crippen LogP contribution in [0.1, 0.15) is 58.3 Å². The molecule has 3 rings (SSSR count). The molecular formula is C25H36N4O7. The molecule has 2 fully saturated rings. The van der Waals surface area contributed by atoms with Crippen LogP contribution in [0, 0.1) is 0 Å². The van der Waals surface area contributed by atoms with Crippen molar-refractivity contribution in [1.82, 2.24) is 15.5 Å². The lowest BCUT2D eigenvalue weighted by molar-refractivity contribution is -0.138. The summed E-state index contributed by atoms with van der Waals surface area (Å²) in [6.45, 7) is 3.69. The molecule has 1 atom stereocenters. The van der Waals surface area contributed by atoms with Crippen LogP contribution in [0.5, 0.6) is 11.5 Å². The van der Waals surface area contributed by atoms with Crippen molar-refractivity contribution in [2.75, 3.05) is 31.6 Å². The van der Waals surface area contributed by atoms with Crippen LogP contribution < -0.4 is 16.0 Å². The first kappa shape index (κ1) is 27.3. The van der Waals surface area contributed by atoms with Crippen molar-refractivity contribution < 1.29 is 34.1 Å². The van der Waals surface area contributed by atoms with Crippen molar-refractivity contribution in [3.8, 4) is 11.5 Å². The molecule has 0 aromatic heterocycles. The Kier molecular flexibility index (Phi) is 9.51. The number of amides is 4. The predicted octanol–water partition coefficient (Wildman–Crippen LogP) is 2.03. The average molecular weight is 505 g/mol. The Morgan fingerprint density at radius 3 is 2.39 bits per heavy atom. The Morgan fingerprint density at radius 1 is 1.06 bits per heavy atom. The number of hydrogen-bond donors (Lipinski definition) is 5. The number of hydrogen-bond acceptors (Lipinski definition) is 7. The smallest absolute Gasteiger partial charge is 0.318 e. The van der Waals surface area contributed by atoms with Crippen molar-refractivity contribution >= 4 is 29.3 Å². The van der Waals surface area contributed by atoms with Crippen molar-refractivity contribution in [2.45, 2.75) is 69.9 Å². The first-order chi connectivity index (χ1) is 17.3. The van der Waals surface area contributed by atoms with Crippen LogP contribution >= 0.6 is 0 Å². The van der Waals surface area contributed by atoms with E-state index in [1.807, 2.05) is 6.92 Å². The number of aromatic hydroxyl groups is 2. The molecule has 1 aromatic rings. The van der Waals surface area contributed by atoms with Gasteiger partial charge in [0.05, 0.1) is 19.3 Å². The number of unbranched alkanes of at least 4 members (excludes halogenated alkanes) is 1. The molecule has 1 heterocycles. The second-order valence-corrected chi connectivity index (χ2v) is 9.36. The van der Waals surface area contributed by atoms with Crippen molar-refractivity contribution in [3.63, 3.8) is 0 Å². The average Bonchev–Trinajstić information content (AvgIpc) is 2.89. The Bertz CT molecular complexity index is 956. The fraction of sp³-hybridized carbons (Fsp3) is 0.600. The summed E-state index contributed by atoms with van der Waals surface area (Å²) in [6.07, 6.45) is 4.99. The van der Waals surface area contributed by atoms with E-state index in [0.717, 1.165) is 31.7 Å². The van der Waals surface area contributed by atoms with Gasteiger partial charge in [-0.2, -0.15) is 0 Å². The van der Waals surface area contributed by atoms with Gasteiger partial charge in [0.2, 0.25) is 11.7 Å². The number of phenols is 2. The molecule has 1 saturated heterocycles. The highest BCUT2D eigenvalue weighted by Crippen LogP contribution is 2.30. The molecule has 0 radical (unpaired) electrons. The van der Waals surface area contributed by atoms with Gasteiger partial charge in [0, 0.05) is 24.8 Å². The van der Waals surface area contributed by atoms with E-state index in [9.17, 15) is 29.4 Å². The van der Waals surface area contributed by atoms with Gasteiger partial charge in [-0.3, -0.25) is 14.4 Å². The molecule has 11 nitrogen and oxygen atoms in total. The van der Waals surface area contributed by atoms with Gasteiger partial charge >= 0.3 is 6.03 Å². The number of Topliss-reactive ketones (excluding diaryl/α,β-unsaturated/α-hetero) is 1. The summed E-state index contributed by atoms with van der Waals surface area (Å²) in [6, 6.07) is 2.26. The summed E-state index contributed by atoms with van der Waals surface area (Å²) in [5.41, 5.74) is -1.02. The summed E-state index contributed by atoms with van der Waals surface area (Å²) >= 11 is 0. The fourth-order valence-electron chi connectivity index (χ4n) is 4.54. The lowest BCUT2D eigenvalue weighted by atomic mass is 9.80. The first-order valence-corrected chi connectivity index (χ1v) is 12.6. The van der Waals surface area contributed by atoms with E-state index >= 15 is 0 Å². The highest BCUT2D eigenvalue weighted by atomic mass is 16.5. The van der Waals surface area contributed by atoms with E-state index in [-0.39, 0.29) is 23.9 Å². The van der Waals surface area contributed by atoms with E-state index in [1.165, 1.54) is 12.1 Å². The summed E-state index contributed by atoms with van der Waals surface area (Å²) in [5, 5.41) is 27.2. The van der Waals surface area contributed by atoms with E-state index in [0.29, 0.717) is 45.6 Å². The zero-order valence-electron chi connectivity index (χ0n) is 20.7. The number of urea groups is 1. The van der Waals surface area contributed by atoms with Crippen LogP contribution in [0.15, 0.2) is 18.2 Å². The van der Waals surface area contributed by atoms with Gasteiger partial charge in [-0.1, -0.05) is 39.0 Å². The number of nitrogens with one attached hydrogen (secondary N) is 3. The van der Waals surface area contributed by atoms with Crippen LogP contribution in [0.4, 0.5) is 10.5 Å². The second-order valence-electron chi connectivity index (χ2n) is 9.36. The van der Waals surface area contributed by atoms with Gasteiger partial charge in [0.15, 0.2) is 11.5 Å². The molecule has 1 aliphatic heterocycles. The number of rotatable bonds is 9. The highest BCUT2D eigenvalue weighted by Gasteiger charge is 2.43. The minimum Gasteiger partial charge on any atom is -0.504 e. The number of ketones is 1. The Morgan fingerprint density at radius 2 is 1.75 bits per heavy atom. The number of morpholine rings is 1. The number of carbonyl (C=O) groups is 4. The molecule has 0 bridgehead atoms. The van der Waals surface area contributed by atoms with E-state index < -0.39 is 34.9 Å². The molecule has 11 heteroatoms. The molecule has 0 unspecified atom stereocenters. The van der Waals surface area contributed by atoms with Crippen LogP contribution in [-0.2, 0) is 19.1 Å². The topological polar surface area (TPSA) is 157 Å². The zero-order chi connectivity index (χ0) is 26.1. The maximum absolute atomic E-state index is 13.6. The molecule has 198 valence electrons. The quantitative estimate of drug-likeness (QED) is 0.196. The predicted molar refractivity (Wildman–Crippen MR) is 132 cm³/mol. The number of benzene rings is 1. The van der Waals surface area contributed by atoms with Gasteiger partial charge in [0.1, 0.15) is 5.54 Å². The van der Waals surface area contributed by atoms with Crippen LogP contribution in [0.2, 0.25) is 0 Å². The molecule has 5 N–H and O–H groups in total. The Balaban J connectivity index is 1.73. The SMILES string of the molecule is CCCC[C@H](NC(=O)C1(NC(=O)N2CCOCC2)CCCCC1)C(=O)C(=O)Nc1ccc(O)c(O)c1. The number of phenolic OH excluding ortho intramolecular Hbond substituents is 2. The largest absolute Gasteiger partial charge is 0.504 e. The van der Waals surface area contributed by atoms with Crippen LogP contribution in [-0.4, -0.2) is 76.6 Å². The monoisotopic (exact) mass is 504 g/mol. The first-order valence-electron chi connectivity index (χ1n) is 12.6. The molecular weight excluding hydrogens is 468 g/mol. The third kappa shape index (κ3) is 6.87. The third-order valence-corrected chi connectivity index (χ3v) is 6.71. The molecule has 1 aromatic carbocycles. The van der Waals surface area contributed by atoms with E-state index in [2.05, 4.69) is 16.0 Å². The van der Waals surface area contributed by atoms with Gasteiger partial charge in [0.25, 0.3) is 5.91 Å². The van der Waals surface area contributed by atoms with Gasteiger partial charge in [-0.05, 0) is 31.4 Å². The standard InChI is InChI=1S/C25H36N4O7/c1-2-3-7-18(21(32)22(33)26-17-8-9-19(30)20(31)16-17)27-23(34)25(10-5-4-6-11-25)28-24(35)29-12-14-36-15-13-29/h8-9,16,18,30-31H,2-7,10-15H2,1H3,(H,26,33)(H,27,34)(H,28,35)/t18-/m0/s1. The second kappa shape index (κ2) is 12.6. The number of nitrogens with zero attached hydrogens (tertiary/aromatic N) is 1. The van der Waals surface area contributed by atoms with Crippen molar-refractivity contribution in [3.05, 3.63) is 18.2 Å². The maximum Gasteiger partial charge on any atom is 0.318 e. The van der Waals surface area contributed by atoms with Crippen LogP contribution in [0.25, 0.3) is 0 Å². The summed E-state index contributed by atoms with van der Waals surface area (Å²) < 4.78 is 5.30. The number of ether oxygens (including phenoxy) is 1. The summed E-state index contributed by atoms with van der Waals surface area (Å²) in [7, 11) is 0. The van der Waals surface area contributed by atoms with Gasteiger partial charge < -0.3 is 35.8 Å². The van der Waals surface area contributed by atoms with Crippen molar-refractivity contribution in [1.29, 1.82) is 0 Å². The summed E-state index contributed by atoms with van der Waals surface area (Å²) in [5.74, 6) is -3.03. The van der Waals surface area contributed by atoms with Crippen LogP contribution in [0.3, 0.4) is 0 Å². The van der Waals surface area contributed by atoms with Crippen molar-refractivity contribution in [2.24, 2.45) is 0 Å². The molecule has 1 aliphatic carbocycles. The zero-order valence-corrected chi connectivity index (χ0v) is 20.7. The molecule has 1 saturated carbocycles. The number of carbonyl (C=O) groups excluding carboxylic acids is 4. The number of anilines is 1. The Labute approximate surface area is 210 Å². The molecule has 0 spiro atoms. The molecule has 2 aliphatic rings. The highest BCUT2D eigenvalue weighted by molar-refractivity contribution is 6.42. The lowest BCUT2D eigenvalue weighted by Gasteiger charge is -2.39.